The van der Waals surface area contributed by atoms with E-state index in [9.17, 15) is 18.0 Å². The summed E-state index contributed by atoms with van der Waals surface area (Å²) in [5, 5.41) is 3.26. The predicted octanol–water partition coefficient (Wildman–Crippen LogP) is 3.05. The van der Waals surface area contributed by atoms with Crippen LogP contribution in [-0.4, -0.2) is 30.4 Å². The van der Waals surface area contributed by atoms with Crippen LogP contribution in [0.4, 0.5) is 13.2 Å². The molecule has 1 N–H and O–H groups in total. The van der Waals surface area contributed by atoms with Gasteiger partial charge in [0.1, 0.15) is 0 Å². The van der Waals surface area contributed by atoms with E-state index in [1.807, 2.05) is 6.92 Å². The molecule has 1 amide bonds. The highest BCUT2D eigenvalue weighted by molar-refractivity contribution is 5.78. The van der Waals surface area contributed by atoms with Gasteiger partial charge < -0.3 is 10.2 Å². The van der Waals surface area contributed by atoms with Crippen molar-refractivity contribution in [2.24, 2.45) is 5.92 Å². The minimum atomic E-state index is -4.40. The summed E-state index contributed by atoms with van der Waals surface area (Å²) in [4.78, 5) is 13.8. The molecule has 0 aromatic heterocycles. The Bertz CT molecular complexity index is 530. The lowest BCUT2D eigenvalue weighted by atomic mass is 9.92. The summed E-state index contributed by atoms with van der Waals surface area (Å²) in [6.07, 6.45) is -2.94. The van der Waals surface area contributed by atoms with Gasteiger partial charge in [0.05, 0.1) is 5.56 Å². The van der Waals surface area contributed by atoms with E-state index in [0.29, 0.717) is 0 Å². The van der Waals surface area contributed by atoms with E-state index in [0.717, 1.165) is 25.5 Å². The molecule has 0 radical (unpaired) electrons. The Balaban J connectivity index is 2.09. The average Bonchev–Trinajstić information content (AvgIpc) is 2.46. The molecule has 2 atom stereocenters. The van der Waals surface area contributed by atoms with Crippen LogP contribution in [0.1, 0.15) is 30.9 Å². The zero-order valence-electron chi connectivity index (χ0n) is 12.8. The quantitative estimate of drug-likeness (QED) is 0.930. The van der Waals surface area contributed by atoms with Gasteiger partial charge in [0.2, 0.25) is 5.91 Å². The minimum absolute atomic E-state index is 0.0210. The number of piperidine rings is 1. The Kier molecular flexibility index (Phi) is 5.11. The maximum Gasteiger partial charge on any atom is 0.416 e. The van der Waals surface area contributed by atoms with Crippen LogP contribution >= 0.6 is 0 Å². The molecule has 122 valence electrons. The van der Waals surface area contributed by atoms with Gasteiger partial charge in [-0.1, -0.05) is 18.2 Å². The molecule has 0 aliphatic carbocycles. The largest absolute Gasteiger partial charge is 0.416 e. The van der Waals surface area contributed by atoms with Gasteiger partial charge in [-0.25, -0.2) is 0 Å². The highest BCUT2D eigenvalue weighted by Crippen LogP contribution is 2.32. The second kappa shape index (κ2) is 6.69. The number of rotatable bonds is 3. The molecule has 1 aromatic rings. The SMILES string of the molecule is C[C@H]1C[C@@H](C(=O)N(C)Cc2ccccc2C(F)(F)F)CCN1. The molecule has 0 saturated carbocycles. The molecule has 1 fully saturated rings. The molecule has 0 bridgehead atoms. The molecule has 0 spiro atoms. The second-order valence-corrected chi connectivity index (χ2v) is 5.93. The maximum absolute atomic E-state index is 13.0. The fraction of sp³-hybridized carbons (Fsp3) is 0.562. The lowest BCUT2D eigenvalue weighted by Crippen LogP contribution is -2.42. The van der Waals surface area contributed by atoms with Crippen molar-refractivity contribution in [3.63, 3.8) is 0 Å². The first kappa shape index (κ1) is 16.8. The molecule has 1 saturated heterocycles. The predicted molar refractivity (Wildman–Crippen MR) is 78.1 cm³/mol. The van der Waals surface area contributed by atoms with Gasteiger partial charge in [-0.3, -0.25) is 4.79 Å². The monoisotopic (exact) mass is 314 g/mol. The van der Waals surface area contributed by atoms with Crippen molar-refractivity contribution >= 4 is 5.91 Å². The maximum atomic E-state index is 13.0. The third kappa shape index (κ3) is 4.00. The van der Waals surface area contributed by atoms with E-state index in [-0.39, 0.29) is 30.0 Å². The van der Waals surface area contributed by atoms with Gasteiger partial charge in [-0.15, -0.1) is 0 Å². The van der Waals surface area contributed by atoms with Gasteiger partial charge in [0, 0.05) is 25.6 Å². The lowest BCUT2D eigenvalue weighted by Gasteiger charge is -2.30. The van der Waals surface area contributed by atoms with Crippen molar-refractivity contribution in [1.82, 2.24) is 10.2 Å². The van der Waals surface area contributed by atoms with Crippen LogP contribution in [0.25, 0.3) is 0 Å². The first-order chi connectivity index (χ1) is 10.3. The lowest BCUT2D eigenvalue weighted by molar-refractivity contribution is -0.140. The number of nitrogens with zero attached hydrogens (tertiary/aromatic N) is 1. The summed E-state index contributed by atoms with van der Waals surface area (Å²) in [7, 11) is 1.57. The van der Waals surface area contributed by atoms with E-state index < -0.39 is 11.7 Å². The fourth-order valence-corrected chi connectivity index (χ4v) is 2.94. The van der Waals surface area contributed by atoms with E-state index in [4.69, 9.17) is 0 Å². The standard InChI is InChI=1S/C16H21F3N2O/c1-11-9-12(7-8-20-11)15(22)21(2)10-13-5-3-4-6-14(13)16(17,18)19/h3-6,11-12,20H,7-10H2,1-2H3/t11-,12-/m0/s1. The highest BCUT2D eigenvalue weighted by atomic mass is 19.4. The van der Waals surface area contributed by atoms with Crippen LogP contribution in [0.5, 0.6) is 0 Å². The van der Waals surface area contributed by atoms with E-state index >= 15 is 0 Å². The highest BCUT2D eigenvalue weighted by Gasteiger charge is 2.34. The first-order valence-corrected chi connectivity index (χ1v) is 7.42. The zero-order valence-corrected chi connectivity index (χ0v) is 12.8. The van der Waals surface area contributed by atoms with E-state index in [2.05, 4.69) is 5.32 Å². The molecule has 22 heavy (non-hydrogen) atoms. The van der Waals surface area contributed by atoms with Crippen molar-refractivity contribution < 1.29 is 18.0 Å². The van der Waals surface area contributed by atoms with Crippen molar-refractivity contribution in [3.8, 4) is 0 Å². The molecule has 1 aliphatic rings. The normalized spacial score (nSPS) is 22.4. The topological polar surface area (TPSA) is 32.3 Å². The Morgan fingerprint density at radius 1 is 1.36 bits per heavy atom. The van der Waals surface area contributed by atoms with Gasteiger partial charge in [0.25, 0.3) is 0 Å². The Morgan fingerprint density at radius 2 is 2.05 bits per heavy atom. The summed E-state index contributed by atoms with van der Waals surface area (Å²) in [6, 6.07) is 5.68. The molecule has 1 aliphatic heterocycles. The van der Waals surface area contributed by atoms with Crippen LogP contribution < -0.4 is 5.32 Å². The van der Waals surface area contributed by atoms with Gasteiger partial charge in [-0.05, 0) is 37.9 Å². The first-order valence-electron chi connectivity index (χ1n) is 7.42. The number of benzene rings is 1. The van der Waals surface area contributed by atoms with Crippen molar-refractivity contribution in [2.75, 3.05) is 13.6 Å². The molecule has 3 nitrogen and oxygen atoms in total. The molecule has 1 aromatic carbocycles. The number of hydrogen-bond donors (Lipinski definition) is 1. The third-order valence-corrected chi connectivity index (χ3v) is 4.08. The summed E-state index contributed by atoms with van der Waals surface area (Å²) in [5.74, 6) is -0.190. The number of halogens is 3. The number of amides is 1. The average molecular weight is 314 g/mol. The molecular formula is C16H21F3N2O. The van der Waals surface area contributed by atoms with Gasteiger partial charge in [-0.2, -0.15) is 13.2 Å². The van der Waals surface area contributed by atoms with Crippen LogP contribution in [0, 0.1) is 5.92 Å². The zero-order chi connectivity index (χ0) is 16.3. The van der Waals surface area contributed by atoms with Crippen LogP contribution in [-0.2, 0) is 17.5 Å². The van der Waals surface area contributed by atoms with Crippen molar-refractivity contribution in [2.45, 2.75) is 38.5 Å². The van der Waals surface area contributed by atoms with E-state index in [1.165, 1.54) is 17.0 Å². The summed E-state index contributed by atoms with van der Waals surface area (Å²) in [5.41, 5.74) is -0.541. The third-order valence-electron chi connectivity index (χ3n) is 4.08. The second-order valence-electron chi connectivity index (χ2n) is 5.93. The van der Waals surface area contributed by atoms with Gasteiger partial charge >= 0.3 is 6.18 Å². The molecule has 2 rings (SSSR count). The van der Waals surface area contributed by atoms with Crippen molar-refractivity contribution in [3.05, 3.63) is 35.4 Å². The Hall–Kier alpha value is -1.56. The number of carbonyl (C=O) groups is 1. The summed E-state index contributed by atoms with van der Waals surface area (Å²) in [6.45, 7) is 2.76. The molecule has 6 heteroatoms. The molecule has 0 unspecified atom stereocenters. The van der Waals surface area contributed by atoms with E-state index in [1.54, 1.807) is 13.1 Å². The smallest absolute Gasteiger partial charge is 0.341 e. The van der Waals surface area contributed by atoms with Crippen LogP contribution in [0.3, 0.4) is 0 Å². The number of alkyl halides is 3. The van der Waals surface area contributed by atoms with Crippen molar-refractivity contribution in [1.29, 1.82) is 0 Å². The minimum Gasteiger partial charge on any atom is -0.341 e. The Morgan fingerprint density at radius 3 is 2.68 bits per heavy atom. The molecular weight excluding hydrogens is 293 g/mol. The summed E-state index contributed by atoms with van der Waals surface area (Å²) < 4.78 is 39.0. The van der Waals surface area contributed by atoms with Gasteiger partial charge in [0.15, 0.2) is 0 Å². The molecule has 1 heterocycles. The fourth-order valence-electron chi connectivity index (χ4n) is 2.94. The number of carbonyl (C=O) groups excluding carboxylic acids is 1. The van der Waals surface area contributed by atoms with Crippen LogP contribution in [0.2, 0.25) is 0 Å². The Labute approximate surface area is 128 Å². The van der Waals surface area contributed by atoms with Crippen LogP contribution in [0.15, 0.2) is 24.3 Å². The number of hydrogen-bond acceptors (Lipinski definition) is 2. The summed E-state index contributed by atoms with van der Waals surface area (Å²) >= 11 is 0. The number of nitrogens with one attached hydrogen (secondary N) is 1.